The predicted octanol–water partition coefficient (Wildman–Crippen LogP) is 2.23. The standard InChI is InChI=1S/C33H40F2N4O9/c1-16(2)29(31(44)37-25-12-20(32(45)46)10-21(13-25)33(47)48)39-28(42)15-27(41)26(9-18-7-22(34)14-23(35)8-18)38-30(43)19-5-4-6-24(11-19)36-17(3)40/h4-8,11,14,16,20-21,25-27,29,41H,9-10,12-13,15H2,1-3H3,(H,36,40)(H,37,44)(H,38,43)(H,39,42)(H,45,46)(H,47,48)/t20?,21?,25?,26-,27+,29-/m0/s1. The van der Waals surface area contributed by atoms with E-state index in [1.165, 1.54) is 25.1 Å². The van der Waals surface area contributed by atoms with Crippen molar-refractivity contribution in [3.05, 3.63) is 65.2 Å². The van der Waals surface area contributed by atoms with Crippen LogP contribution in [0.5, 0.6) is 0 Å². The molecule has 260 valence electrons. The van der Waals surface area contributed by atoms with Crippen LogP contribution in [-0.2, 0) is 30.4 Å². The summed E-state index contributed by atoms with van der Waals surface area (Å²) in [6, 6.07) is 5.39. The number of aliphatic carboxylic acids is 2. The van der Waals surface area contributed by atoms with Crippen LogP contribution in [0.15, 0.2) is 42.5 Å². The molecule has 0 heterocycles. The lowest BCUT2D eigenvalue weighted by atomic mass is 9.78. The van der Waals surface area contributed by atoms with Gasteiger partial charge in [-0.25, -0.2) is 8.78 Å². The Morgan fingerprint density at radius 2 is 1.48 bits per heavy atom. The molecule has 2 aromatic carbocycles. The molecule has 3 rings (SSSR count). The number of anilines is 1. The number of amides is 4. The summed E-state index contributed by atoms with van der Waals surface area (Å²) in [7, 11) is 0. The first-order chi connectivity index (χ1) is 22.5. The van der Waals surface area contributed by atoms with E-state index in [0.29, 0.717) is 11.8 Å². The molecule has 0 spiro atoms. The van der Waals surface area contributed by atoms with E-state index in [1.807, 2.05) is 0 Å². The van der Waals surface area contributed by atoms with Gasteiger partial charge in [0.25, 0.3) is 5.91 Å². The van der Waals surface area contributed by atoms with Crippen molar-refractivity contribution < 1.29 is 52.9 Å². The predicted molar refractivity (Wildman–Crippen MR) is 167 cm³/mol. The minimum Gasteiger partial charge on any atom is -0.481 e. The third-order valence-electron chi connectivity index (χ3n) is 8.02. The van der Waals surface area contributed by atoms with Crippen LogP contribution in [0.2, 0.25) is 0 Å². The van der Waals surface area contributed by atoms with Crippen LogP contribution in [0.4, 0.5) is 14.5 Å². The van der Waals surface area contributed by atoms with Gasteiger partial charge in [0, 0.05) is 30.3 Å². The first kappa shape index (κ1) is 37.5. The normalized spacial score (nSPS) is 19.4. The van der Waals surface area contributed by atoms with Gasteiger partial charge in [0.2, 0.25) is 17.7 Å². The summed E-state index contributed by atoms with van der Waals surface area (Å²) < 4.78 is 27.9. The molecule has 7 N–H and O–H groups in total. The molecule has 0 aliphatic heterocycles. The number of aliphatic hydroxyl groups is 1. The molecule has 1 aliphatic rings. The molecule has 0 radical (unpaired) electrons. The van der Waals surface area contributed by atoms with E-state index >= 15 is 0 Å². The van der Waals surface area contributed by atoms with Gasteiger partial charge in [-0.3, -0.25) is 28.8 Å². The van der Waals surface area contributed by atoms with Gasteiger partial charge in [0.05, 0.1) is 30.4 Å². The van der Waals surface area contributed by atoms with E-state index in [4.69, 9.17) is 0 Å². The van der Waals surface area contributed by atoms with Crippen molar-refractivity contribution >= 4 is 41.3 Å². The average Bonchev–Trinajstić information content (AvgIpc) is 2.98. The van der Waals surface area contributed by atoms with Crippen molar-refractivity contribution in [1.82, 2.24) is 16.0 Å². The Labute approximate surface area is 275 Å². The number of carbonyl (C=O) groups is 6. The minimum absolute atomic E-state index is 0.0120. The molecule has 1 saturated carbocycles. The maximum atomic E-state index is 14.0. The highest BCUT2D eigenvalue weighted by Gasteiger charge is 2.38. The van der Waals surface area contributed by atoms with Crippen LogP contribution < -0.4 is 21.3 Å². The van der Waals surface area contributed by atoms with Crippen molar-refractivity contribution in [3.8, 4) is 0 Å². The van der Waals surface area contributed by atoms with E-state index in [2.05, 4.69) is 21.3 Å². The minimum atomic E-state index is -1.61. The molecular weight excluding hydrogens is 634 g/mol. The average molecular weight is 675 g/mol. The number of hydrogen-bond acceptors (Lipinski definition) is 7. The van der Waals surface area contributed by atoms with Gasteiger partial charge >= 0.3 is 11.9 Å². The monoisotopic (exact) mass is 674 g/mol. The van der Waals surface area contributed by atoms with Crippen molar-refractivity contribution in [1.29, 1.82) is 0 Å². The van der Waals surface area contributed by atoms with Gasteiger partial charge in [-0.2, -0.15) is 0 Å². The van der Waals surface area contributed by atoms with Crippen molar-refractivity contribution in [3.63, 3.8) is 0 Å². The van der Waals surface area contributed by atoms with Gasteiger partial charge in [0.15, 0.2) is 0 Å². The maximum Gasteiger partial charge on any atom is 0.306 e. The molecule has 0 saturated heterocycles. The molecular formula is C33H40F2N4O9. The SMILES string of the molecule is CC(=O)Nc1cccc(C(=O)N[C@@H](Cc2cc(F)cc(F)c2)[C@H](O)CC(=O)N[C@H](C(=O)NC2CC(C(=O)O)CC(C(=O)O)C2)C(C)C)c1. The number of halogens is 2. The first-order valence-electron chi connectivity index (χ1n) is 15.4. The lowest BCUT2D eigenvalue weighted by Crippen LogP contribution is -2.55. The number of rotatable bonds is 14. The lowest BCUT2D eigenvalue weighted by molar-refractivity contribution is -0.149. The number of hydrogen-bond donors (Lipinski definition) is 7. The summed E-state index contributed by atoms with van der Waals surface area (Å²) in [5.41, 5.74) is 0.486. The number of carbonyl (C=O) groups excluding carboxylic acids is 4. The van der Waals surface area contributed by atoms with Crippen molar-refractivity contribution in [2.45, 2.75) is 77.1 Å². The molecule has 2 unspecified atom stereocenters. The van der Waals surface area contributed by atoms with Crippen molar-refractivity contribution in [2.24, 2.45) is 17.8 Å². The second kappa shape index (κ2) is 16.8. The maximum absolute atomic E-state index is 14.0. The molecule has 5 atom stereocenters. The topological polar surface area (TPSA) is 211 Å². The third-order valence-corrected chi connectivity index (χ3v) is 8.02. The quantitative estimate of drug-likeness (QED) is 0.156. The Balaban J connectivity index is 1.75. The molecule has 1 aliphatic carbocycles. The number of aliphatic hydroxyl groups excluding tert-OH is 1. The Morgan fingerprint density at radius 3 is 2.02 bits per heavy atom. The largest absolute Gasteiger partial charge is 0.481 e. The van der Waals surface area contributed by atoms with E-state index in [9.17, 15) is 52.9 Å². The van der Waals surface area contributed by atoms with Gasteiger partial charge in [-0.05, 0) is 67.5 Å². The molecule has 48 heavy (non-hydrogen) atoms. The summed E-state index contributed by atoms with van der Waals surface area (Å²) in [5.74, 6) is -9.12. The number of carboxylic acid groups (broad SMARTS) is 2. The molecule has 0 bridgehead atoms. The second-order valence-electron chi connectivity index (χ2n) is 12.4. The third kappa shape index (κ3) is 11.1. The fourth-order valence-electron chi connectivity index (χ4n) is 5.69. The molecule has 2 aromatic rings. The summed E-state index contributed by atoms with van der Waals surface area (Å²) >= 11 is 0. The summed E-state index contributed by atoms with van der Waals surface area (Å²) in [5, 5.41) is 40.4. The van der Waals surface area contributed by atoms with Gasteiger partial charge in [-0.15, -0.1) is 0 Å². The smallest absolute Gasteiger partial charge is 0.306 e. The van der Waals surface area contributed by atoms with Crippen molar-refractivity contribution in [2.75, 3.05) is 5.32 Å². The highest BCUT2D eigenvalue weighted by Crippen LogP contribution is 2.30. The van der Waals surface area contributed by atoms with Crippen LogP contribution in [0.1, 0.15) is 62.4 Å². The van der Waals surface area contributed by atoms with Crippen LogP contribution >= 0.6 is 0 Å². The Bertz CT molecular complexity index is 1490. The highest BCUT2D eigenvalue weighted by molar-refractivity contribution is 5.97. The fourth-order valence-corrected chi connectivity index (χ4v) is 5.69. The summed E-state index contributed by atoms with van der Waals surface area (Å²) in [6.07, 6.45) is -2.58. The van der Waals surface area contributed by atoms with E-state index in [1.54, 1.807) is 19.9 Å². The number of benzene rings is 2. The summed E-state index contributed by atoms with van der Waals surface area (Å²) in [6.45, 7) is 4.56. The molecule has 13 nitrogen and oxygen atoms in total. The van der Waals surface area contributed by atoms with Crippen LogP contribution in [0, 0.1) is 29.4 Å². The van der Waals surface area contributed by atoms with Gasteiger partial charge < -0.3 is 36.6 Å². The molecule has 1 fully saturated rings. The van der Waals surface area contributed by atoms with Crippen LogP contribution in [-0.4, -0.2) is 75.1 Å². The van der Waals surface area contributed by atoms with Crippen LogP contribution in [0.25, 0.3) is 0 Å². The Morgan fingerprint density at radius 1 is 0.875 bits per heavy atom. The van der Waals surface area contributed by atoms with Gasteiger partial charge in [0.1, 0.15) is 17.7 Å². The number of nitrogens with one attached hydrogen (secondary N) is 4. The molecule has 15 heteroatoms. The van der Waals surface area contributed by atoms with Crippen LogP contribution in [0.3, 0.4) is 0 Å². The lowest BCUT2D eigenvalue weighted by Gasteiger charge is -2.33. The zero-order valence-corrected chi connectivity index (χ0v) is 26.7. The van der Waals surface area contributed by atoms with E-state index in [0.717, 1.165) is 12.1 Å². The highest BCUT2D eigenvalue weighted by atomic mass is 19.1. The zero-order valence-electron chi connectivity index (χ0n) is 26.7. The second-order valence-corrected chi connectivity index (χ2v) is 12.4. The Kier molecular flexibility index (Phi) is 13.1. The molecule has 0 aromatic heterocycles. The van der Waals surface area contributed by atoms with Gasteiger partial charge in [-0.1, -0.05) is 19.9 Å². The first-order valence-corrected chi connectivity index (χ1v) is 15.4. The van der Waals surface area contributed by atoms with E-state index < -0.39 is 89.7 Å². The number of carboxylic acids is 2. The fraction of sp³-hybridized carbons (Fsp3) is 0.455. The Hall–Kier alpha value is -4.92. The van der Waals surface area contributed by atoms with E-state index in [-0.39, 0.29) is 42.7 Å². The molecule has 4 amide bonds. The zero-order chi connectivity index (χ0) is 35.7. The summed E-state index contributed by atoms with van der Waals surface area (Å²) in [4.78, 5) is 74.1.